The lowest BCUT2D eigenvalue weighted by Crippen LogP contribution is -1.77. The molecule has 0 aromatic heterocycles. The number of hydrogen-bond acceptors (Lipinski definition) is 2. The van der Waals surface area contributed by atoms with Gasteiger partial charge in [-0.05, 0) is 6.42 Å². The Morgan fingerprint density at radius 1 is 1.25 bits per heavy atom. The molecule has 0 bridgehead atoms. The minimum atomic E-state index is 0.907. The second-order valence-corrected chi connectivity index (χ2v) is 1.77. The predicted molar refractivity (Wildman–Crippen MR) is 35.2 cm³/mol. The molecule has 0 aromatic carbocycles. The fourth-order valence-electron chi connectivity index (χ4n) is 0.533. The number of azo groups is 1. The van der Waals surface area contributed by atoms with Gasteiger partial charge in [0.1, 0.15) is 0 Å². The maximum absolute atomic E-state index is 3.83. The smallest absolute Gasteiger partial charge is 0.0598 e. The summed E-state index contributed by atoms with van der Waals surface area (Å²) < 4.78 is 0. The molecule has 0 atom stereocenters. The molecule has 0 aliphatic carbocycles. The highest BCUT2D eigenvalue weighted by Gasteiger charge is 1.79. The van der Waals surface area contributed by atoms with Crippen LogP contribution in [0.25, 0.3) is 0 Å². The predicted octanol–water partition coefficient (Wildman–Crippen LogP) is 2.26. The van der Waals surface area contributed by atoms with Crippen LogP contribution in [0.15, 0.2) is 10.2 Å². The zero-order chi connectivity index (χ0) is 6.24. The van der Waals surface area contributed by atoms with Gasteiger partial charge in [-0.2, -0.15) is 10.2 Å². The first-order chi connectivity index (χ1) is 3.91. The van der Waals surface area contributed by atoms with Gasteiger partial charge in [0.15, 0.2) is 0 Å². The normalized spacial score (nSPS) is 10.8. The highest BCUT2D eigenvalue weighted by molar-refractivity contribution is 4.39. The van der Waals surface area contributed by atoms with Crippen LogP contribution in [0.5, 0.6) is 0 Å². The van der Waals surface area contributed by atoms with Gasteiger partial charge in [0, 0.05) is 7.05 Å². The number of unbranched alkanes of at least 4 members (excludes halogenated alkanes) is 2. The van der Waals surface area contributed by atoms with Gasteiger partial charge < -0.3 is 0 Å². The number of nitrogens with zero attached hydrogens (tertiary/aromatic N) is 2. The van der Waals surface area contributed by atoms with Crippen LogP contribution < -0.4 is 0 Å². The molecule has 0 N–H and O–H groups in total. The lowest BCUT2D eigenvalue weighted by Gasteiger charge is -1.88. The van der Waals surface area contributed by atoms with Gasteiger partial charge >= 0.3 is 0 Å². The molecule has 0 amide bonds. The summed E-state index contributed by atoms with van der Waals surface area (Å²) in [5.74, 6) is 0. The van der Waals surface area contributed by atoms with E-state index < -0.39 is 0 Å². The van der Waals surface area contributed by atoms with Gasteiger partial charge in [-0.1, -0.05) is 19.8 Å². The van der Waals surface area contributed by atoms with Crippen molar-refractivity contribution in [3.63, 3.8) is 0 Å². The van der Waals surface area contributed by atoms with Gasteiger partial charge in [0.05, 0.1) is 6.54 Å². The Morgan fingerprint density at radius 3 is 2.50 bits per heavy atom. The van der Waals surface area contributed by atoms with Crippen LogP contribution in [0, 0.1) is 0 Å². The lowest BCUT2D eigenvalue weighted by atomic mass is 10.3. The summed E-state index contributed by atoms with van der Waals surface area (Å²) in [7, 11) is 1.71. The highest BCUT2D eigenvalue weighted by Crippen LogP contribution is 1.92. The quantitative estimate of drug-likeness (QED) is 0.395. The molecule has 8 heavy (non-hydrogen) atoms. The lowest BCUT2D eigenvalue weighted by molar-refractivity contribution is 0.710. The number of rotatable bonds is 4. The topological polar surface area (TPSA) is 24.7 Å². The second-order valence-electron chi connectivity index (χ2n) is 1.77. The third-order valence-corrected chi connectivity index (χ3v) is 1.00. The second kappa shape index (κ2) is 6.60. The van der Waals surface area contributed by atoms with Crippen LogP contribution in [0.4, 0.5) is 0 Å². The average Bonchev–Trinajstić information content (AvgIpc) is 1.81. The van der Waals surface area contributed by atoms with Gasteiger partial charge in [0.2, 0.25) is 0 Å². The van der Waals surface area contributed by atoms with E-state index in [1.165, 1.54) is 19.3 Å². The van der Waals surface area contributed by atoms with Crippen molar-refractivity contribution in [1.29, 1.82) is 0 Å². The molecule has 0 unspecified atom stereocenters. The summed E-state index contributed by atoms with van der Waals surface area (Å²) in [6.45, 7) is 3.09. The number of hydrogen-bond donors (Lipinski definition) is 0. The van der Waals surface area contributed by atoms with E-state index in [-0.39, 0.29) is 0 Å². The first-order valence-electron chi connectivity index (χ1n) is 3.17. The van der Waals surface area contributed by atoms with Crippen LogP contribution in [0.3, 0.4) is 0 Å². The first-order valence-corrected chi connectivity index (χ1v) is 3.17. The third-order valence-electron chi connectivity index (χ3n) is 1.00. The van der Waals surface area contributed by atoms with E-state index in [2.05, 4.69) is 17.2 Å². The molecule has 0 aliphatic rings. The minimum absolute atomic E-state index is 0.907. The Bertz CT molecular complexity index is 59.5. The van der Waals surface area contributed by atoms with Gasteiger partial charge in [0.25, 0.3) is 0 Å². The first kappa shape index (κ1) is 7.60. The molecule has 0 heterocycles. The maximum Gasteiger partial charge on any atom is 0.0598 e. The molecule has 2 heteroatoms. The van der Waals surface area contributed by atoms with E-state index in [4.69, 9.17) is 0 Å². The molecule has 0 rings (SSSR count). The SMILES string of the molecule is CCCCC/N=N/C. The van der Waals surface area contributed by atoms with E-state index >= 15 is 0 Å². The van der Waals surface area contributed by atoms with Crippen molar-refractivity contribution in [3.05, 3.63) is 0 Å². The molecule has 0 saturated carbocycles. The molecule has 0 radical (unpaired) electrons. The van der Waals surface area contributed by atoms with Crippen molar-refractivity contribution in [2.45, 2.75) is 26.2 Å². The van der Waals surface area contributed by atoms with Crippen molar-refractivity contribution in [1.82, 2.24) is 0 Å². The summed E-state index contributed by atoms with van der Waals surface area (Å²) in [4.78, 5) is 0. The van der Waals surface area contributed by atoms with Crippen molar-refractivity contribution in [3.8, 4) is 0 Å². The fourth-order valence-corrected chi connectivity index (χ4v) is 0.533. The molecule has 0 spiro atoms. The van der Waals surface area contributed by atoms with Gasteiger partial charge in [-0.15, -0.1) is 0 Å². The molecule has 0 aromatic rings. The largest absolute Gasteiger partial charge is 0.198 e. The fraction of sp³-hybridized carbons (Fsp3) is 1.00. The summed E-state index contributed by atoms with van der Waals surface area (Å²) in [5.41, 5.74) is 0. The van der Waals surface area contributed by atoms with Crippen LogP contribution in [-0.2, 0) is 0 Å². The van der Waals surface area contributed by atoms with E-state index in [1.54, 1.807) is 7.05 Å². The summed E-state index contributed by atoms with van der Waals surface area (Å²) in [6.07, 6.45) is 3.73. The Morgan fingerprint density at radius 2 is 2.00 bits per heavy atom. The van der Waals surface area contributed by atoms with E-state index in [1.807, 2.05) is 0 Å². The Kier molecular flexibility index (Phi) is 6.27. The zero-order valence-corrected chi connectivity index (χ0v) is 5.72. The molecule has 48 valence electrons. The monoisotopic (exact) mass is 114 g/mol. The van der Waals surface area contributed by atoms with E-state index in [0.29, 0.717) is 0 Å². The van der Waals surface area contributed by atoms with Crippen LogP contribution in [0.2, 0.25) is 0 Å². The maximum atomic E-state index is 3.83. The van der Waals surface area contributed by atoms with Gasteiger partial charge in [-0.25, -0.2) is 0 Å². The van der Waals surface area contributed by atoms with Crippen molar-refractivity contribution < 1.29 is 0 Å². The summed E-state index contributed by atoms with van der Waals surface area (Å²) >= 11 is 0. The molecule has 0 aliphatic heterocycles. The summed E-state index contributed by atoms with van der Waals surface area (Å²) in [5, 5.41) is 7.47. The van der Waals surface area contributed by atoms with E-state index in [0.717, 1.165) is 6.54 Å². The van der Waals surface area contributed by atoms with Crippen molar-refractivity contribution in [2.75, 3.05) is 13.6 Å². The third kappa shape index (κ3) is 5.60. The van der Waals surface area contributed by atoms with Crippen LogP contribution in [0.1, 0.15) is 26.2 Å². The highest BCUT2D eigenvalue weighted by atomic mass is 15.1. The van der Waals surface area contributed by atoms with Crippen molar-refractivity contribution in [2.24, 2.45) is 10.2 Å². The molecular weight excluding hydrogens is 100 g/mol. The standard InChI is InChI=1S/C6H14N2/c1-3-4-5-6-8-7-2/h3-6H2,1-2H3/b8-7+. The zero-order valence-electron chi connectivity index (χ0n) is 5.72. The van der Waals surface area contributed by atoms with Crippen LogP contribution in [-0.4, -0.2) is 13.6 Å². The Hall–Kier alpha value is -0.400. The van der Waals surface area contributed by atoms with E-state index in [9.17, 15) is 0 Å². The summed E-state index contributed by atoms with van der Waals surface area (Å²) in [6, 6.07) is 0. The van der Waals surface area contributed by atoms with Gasteiger partial charge in [-0.3, -0.25) is 0 Å². The molecule has 0 saturated heterocycles. The van der Waals surface area contributed by atoms with Crippen molar-refractivity contribution >= 4 is 0 Å². The Labute approximate surface area is 51.0 Å². The molecular formula is C6H14N2. The minimum Gasteiger partial charge on any atom is -0.198 e. The molecule has 0 fully saturated rings. The Balaban J connectivity index is 2.72. The average molecular weight is 114 g/mol. The molecule has 2 nitrogen and oxygen atoms in total. The van der Waals surface area contributed by atoms with Crippen LogP contribution >= 0.6 is 0 Å².